The molecule has 25 heavy (non-hydrogen) atoms. The van der Waals surface area contributed by atoms with Gasteiger partial charge in [0, 0.05) is 6.42 Å². The van der Waals surface area contributed by atoms with E-state index in [1.165, 1.54) is 0 Å². The van der Waals surface area contributed by atoms with Crippen molar-refractivity contribution < 1.29 is 14.3 Å². The zero-order valence-corrected chi connectivity index (χ0v) is 14.4. The molecule has 2 heterocycles. The van der Waals surface area contributed by atoms with Gasteiger partial charge in [-0.15, -0.1) is 0 Å². The van der Waals surface area contributed by atoms with E-state index in [4.69, 9.17) is 9.47 Å². The summed E-state index contributed by atoms with van der Waals surface area (Å²) in [5.74, 6) is 1.96. The number of methoxy groups -OCH3 is 2. The Hall–Kier alpha value is -3.09. The van der Waals surface area contributed by atoms with Crippen molar-refractivity contribution in [1.82, 2.24) is 14.6 Å². The van der Waals surface area contributed by atoms with E-state index in [-0.39, 0.29) is 5.91 Å². The monoisotopic (exact) mass is 340 g/mol. The highest BCUT2D eigenvalue weighted by Crippen LogP contribution is 2.28. The molecular formula is C18H20N4O3. The molecule has 0 radical (unpaired) electrons. The van der Waals surface area contributed by atoms with Gasteiger partial charge in [-0.3, -0.25) is 4.79 Å². The Kier molecular flexibility index (Phi) is 4.83. The Bertz CT molecular complexity index is 904. The van der Waals surface area contributed by atoms with Crippen LogP contribution in [0.25, 0.3) is 5.65 Å². The van der Waals surface area contributed by atoms with Gasteiger partial charge in [0.15, 0.2) is 17.1 Å². The zero-order valence-electron chi connectivity index (χ0n) is 14.4. The SMILES string of the molecule is COc1ccc(CCC(=O)Nc2ccc3nc(C)nn3c2)cc1OC. The number of amides is 1. The molecule has 0 saturated heterocycles. The Morgan fingerprint density at radius 1 is 1.16 bits per heavy atom. The molecule has 0 bridgehead atoms. The average molecular weight is 340 g/mol. The lowest BCUT2D eigenvalue weighted by atomic mass is 10.1. The van der Waals surface area contributed by atoms with Gasteiger partial charge in [0.1, 0.15) is 5.82 Å². The maximum atomic E-state index is 12.2. The molecule has 0 aliphatic rings. The van der Waals surface area contributed by atoms with Gasteiger partial charge in [0.05, 0.1) is 26.1 Å². The number of hydrogen-bond donors (Lipinski definition) is 1. The van der Waals surface area contributed by atoms with Crippen LogP contribution in [0, 0.1) is 6.92 Å². The van der Waals surface area contributed by atoms with Gasteiger partial charge in [-0.05, 0) is 43.2 Å². The summed E-state index contributed by atoms with van der Waals surface area (Å²) in [6.45, 7) is 1.83. The summed E-state index contributed by atoms with van der Waals surface area (Å²) in [5, 5.41) is 7.12. The first-order chi connectivity index (χ1) is 12.1. The van der Waals surface area contributed by atoms with Crippen molar-refractivity contribution in [2.75, 3.05) is 19.5 Å². The van der Waals surface area contributed by atoms with E-state index in [1.807, 2.05) is 37.3 Å². The Balaban J connectivity index is 1.62. The molecule has 0 atom stereocenters. The summed E-state index contributed by atoms with van der Waals surface area (Å²) in [6, 6.07) is 9.30. The van der Waals surface area contributed by atoms with Crippen molar-refractivity contribution in [2.24, 2.45) is 0 Å². The Labute approximate surface area is 145 Å². The van der Waals surface area contributed by atoms with Gasteiger partial charge >= 0.3 is 0 Å². The van der Waals surface area contributed by atoms with E-state index >= 15 is 0 Å². The van der Waals surface area contributed by atoms with Crippen LogP contribution in [0.4, 0.5) is 5.69 Å². The van der Waals surface area contributed by atoms with Gasteiger partial charge < -0.3 is 14.8 Å². The smallest absolute Gasteiger partial charge is 0.224 e. The van der Waals surface area contributed by atoms with Crippen molar-refractivity contribution in [3.8, 4) is 11.5 Å². The van der Waals surface area contributed by atoms with Crippen LogP contribution in [0.2, 0.25) is 0 Å². The molecule has 7 nitrogen and oxygen atoms in total. The highest BCUT2D eigenvalue weighted by atomic mass is 16.5. The minimum absolute atomic E-state index is 0.0639. The topological polar surface area (TPSA) is 77.8 Å². The van der Waals surface area contributed by atoms with E-state index in [0.29, 0.717) is 35.9 Å². The van der Waals surface area contributed by atoms with Gasteiger partial charge in [0.25, 0.3) is 0 Å². The fourth-order valence-electron chi connectivity index (χ4n) is 2.59. The molecule has 1 N–H and O–H groups in total. The summed E-state index contributed by atoms with van der Waals surface area (Å²) in [5.41, 5.74) is 2.45. The lowest BCUT2D eigenvalue weighted by Gasteiger charge is -2.10. The number of nitrogens with one attached hydrogen (secondary N) is 1. The maximum Gasteiger partial charge on any atom is 0.224 e. The highest BCUT2D eigenvalue weighted by molar-refractivity contribution is 5.90. The number of pyridine rings is 1. The minimum Gasteiger partial charge on any atom is -0.493 e. The number of carbonyl (C=O) groups excluding carboxylic acids is 1. The van der Waals surface area contributed by atoms with Crippen LogP contribution in [0.3, 0.4) is 0 Å². The third-order valence-corrected chi connectivity index (χ3v) is 3.81. The lowest BCUT2D eigenvalue weighted by Crippen LogP contribution is -2.13. The Morgan fingerprint density at radius 3 is 2.72 bits per heavy atom. The van der Waals surface area contributed by atoms with Crippen molar-refractivity contribution in [1.29, 1.82) is 0 Å². The van der Waals surface area contributed by atoms with Crippen LogP contribution >= 0.6 is 0 Å². The van der Waals surface area contributed by atoms with E-state index in [2.05, 4.69) is 15.4 Å². The molecule has 130 valence electrons. The summed E-state index contributed by atoms with van der Waals surface area (Å²) in [7, 11) is 3.19. The first-order valence-corrected chi connectivity index (χ1v) is 7.93. The molecule has 7 heteroatoms. The number of hydrogen-bond acceptors (Lipinski definition) is 5. The fraction of sp³-hybridized carbons (Fsp3) is 0.278. The third kappa shape index (κ3) is 3.88. The van der Waals surface area contributed by atoms with E-state index in [1.54, 1.807) is 24.9 Å². The lowest BCUT2D eigenvalue weighted by molar-refractivity contribution is -0.116. The van der Waals surface area contributed by atoms with Crippen molar-refractivity contribution in [3.63, 3.8) is 0 Å². The standard InChI is InChI=1S/C18H20N4O3/c1-12-19-17-8-6-14(11-22(17)21-12)20-18(23)9-5-13-4-7-15(24-2)16(10-13)25-3/h4,6-8,10-11H,5,9H2,1-3H3,(H,20,23). The fourth-order valence-corrected chi connectivity index (χ4v) is 2.59. The van der Waals surface area contributed by atoms with Crippen LogP contribution < -0.4 is 14.8 Å². The molecule has 0 saturated carbocycles. The summed E-state index contributed by atoms with van der Waals surface area (Å²) >= 11 is 0. The molecule has 3 aromatic rings. The number of rotatable bonds is 6. The van der Waals surface area contributed by atoms with Crippen LogP contribution in [-0.4, -0.2) is 34.7 Å². The molecule has 0 aliphatic heterocycles. The quantitative estimate of drug-likeness (QED) is 0.746. The summed E-state index contributed by atoms with van der Waals surface area (Å²) < 4.78 is 12.1. The number of carbonyl (C=O) groups is 1. The van der Waals surface area contributed by atoms with Gasteiger partial charge in [-0.2, -0.15) is 5.10 Å². The second kappa shape index (κ2) is 7.21. The van der Waals surface area contributed by atoms with Crippen molar-refractivity contribution in [3.05, 3.63) is 47.9 Å². The van der Waals surface area contributed by atoms with Crippen molar-refractivity contribution in [2.45, 2.75) is 19.8 Å². The molecule has 1 aromatic carbocycles. The minimum atomic E-state index is -0.0639. The normalized spacial score (nSPS) is 10.7. The maximum absolute atomic E-state index is 12.2. The molecule has 0 fully saturated rings. The predicted molar refractivity (Wildman–Crippen MR) is 94.2 cm³/mol. The third-order valence-electron chi connectivity index (χ3n) is 3.81. The Morgan fingerprint density at radius 2 is 1.96 bits per heavy atom. The van der Waals surface area contributed by atoms with Gasteiger partial charge in [-0.1, -0.05) is 6.07 Å². The number of benzene rings is 1. The summed E-state index contributed by atoms with van der Waals surface area (Å²) in [4.78, 5) is 16.4. The highest BCUT2D eigenvalue weighted by Gasteiger charge is 2.08. The number of ether oxygens (including phenoxy) is 2. The van der Waals surface area contributed by atoms with Gasteiger partial charge in [0.2, 0.25) is 5.91 Å². The first-order valence-electron chi connectivity index (χ1n) is 7.93. The largest absolute Gasteiger partial charge is 0.493 e. The second-order valence-electron chi connectivity index (χ2n) is 5.62. The predicted octanol–water partition coefficient (Wildman–Crippen LogP) is 2.63. The van der Waals surface area contributed by atoms with Crippen molar-refractivity contribution >= 4 is 17.2 Å². The molecule has 1 amide bonds. The number of nitrogens with zero attached hydrogens (tertiary/aromatic N) is 3. The molecule has 0 unspecified atom stereocenters. The van der Waals surface area contributed by atoms with E-state index in [0.717, 1.165) is 11.2 Å². The zero-order chi connectivity index (χ0) is 17.8. The molecule has 3 rings (SSSR count). The van der Waals surface area contributed by atoms with Crippen LogP contribution in [0.1, 0.15) is 17.8 Å². The molecule has 2 aromatic heterocycles. The number of fused-ring (bicyclic) bond motifs is 1. The summed E-state index contributed by atoms with van der Waals surface area (Å²) in [6.07, 6.45) is 2.73. The van der Waals surface area contributed by atoms with Crippen LogP contribution in [0.15, 0.2) is 36.5 Å². The average Bonchev–Trinajstić information content (AvgIpc) is 2.99. The number of anilines is 1. The molecule has 0 aliphatic carbocycles. The van der Waals surface area contributed by atoms with E-state index in [9.17, 15) is 4.79 Å². The van der Waals surface area contributed by atoms with Gasteiger partial charge in [-0.25, -0.2) is 9.50 Å². The number of aromatic nitrogens is 3. The van der Waals surface area contributed by atoms with E-state index < -0.39 is 0 Å². The number of aryl methyl sites for hydroxylation is 2. The second-order valence-corrected chi connectivity index (χ2v) is 5.62. The van der Waals surface area contributed by atoms with Crippen LogP contribution in [0.5, 0.6) is 11.5 Å². The first kappa shape index (κ1) is 16.8. The van der Waals surface area contributed by atoms with Crippen LogP contribution in [-0.2, 0) is 11.2 Å². The molecular weight excluding hydrogens is 320 g/mol. The molecule has 0 spiro atoms.